The summed E-state index contributed by atoms with van der Waals surface area (Å²) in [4.78, 5) is 19.4. The number of aryl methyl sites for hydroxylation is 2. The van der Waals surface area contributed by atoms with E-state index in [1.165, 1.54) is 56.4 Å². The zero-order valence-electron chi connectivity index (χ0n) is 23.3. The number of ketones is 1. The summed E-state index contributed by atoms with van der Waals surface area (Å²) in [6.45, 7) is 15.6. The number of nitriles is 1. The van der Waals surface area contributed by atoms with Crippen molar-refractivity contribution in [2.75, 3.05) is 31.1 Å². The number of hydrogen-bond donors (Lipinski definition) is 0. The lowest BCUT2D eigenvalue weighted by Gasteiger charge is -2.42. The Bertz CT molecular complexity index is 1280. The van der Waals surface area contributed by atoms with Gasteiger partial charge in [0.1, 0.15) is 0 Å². The predicted octanol–water partition coefficient (Wildman–Crippen LogP) is 6.83. The highest BCUT2D eigenvalue weighted by molar-refractivity contribution is 6.32. The van der Waals surface area contributed by atoms with Gasteiger partial charge in [-0.05, 0) is 106 Å². The molecular formula is C33H41N3O. The van der Waals surface area contributed by atoms with E-state index in [-0.39, 0.29) is 11.2 Å². The first kappa shape index (κ1) is 25.7. The van der Waals surface area contributed by atoms with Gasteiger partial charge in [0.25, 0.3) is 0 Å². The van der Waals surface area contributed by atoms with Gasteiger partial charge in [-0.3, -0.25) is 4.79 Å². The highest BCUT2D eigenvalue weighted by Crippen LogP contribution is 2.46. The van der Waals surface area contributed by atoms with Gasteiger partial charge in [-0.15, -0.1) is 0 Å². The van der Waals surface area contributed by atoms with Gasteiger partial charge < -0.3 is 9.80 Å². The molecule has 1 aliphatic carbocycles. The van der Waals surface area contributed by atoms with E-state index < -0.39 is 0 Å². The number of fused-ring (bicyclic) bond motifs is 1. The summed E-state index contributed by atoms with van der Waals surface area (Å²) in [6, 6.07) is 13.1. The molecule has 194 valence electrons. The van der Waals surface area contributed by atoms with E-state index >= 15 is 0 Å². The Morgan fingerprint density at radius 3 is 2.30 bits per heavy atom. The van der Waals surface area contributed by atoms with E-state index in [1.54, 1.807) is 0 Å². The number of Topliss-reactive ketones (excluding diaryl/α,β-unsaturated/α-hetero) is 1. The molecular weight excluding hydrogens is 454 g/mol. The van der Waals surface area contributed by atoms with Crippen molar-refractivity contribution >= 4 is 17.0 Å². The van der Waals surface area contributed by atoms with Crippen molar-refractivity contribution in [3.8, 4) is 6.07 Å². The van der Waals surface area contributed by atoms with Crippen molar-refractivity contribution in [1.29, 1.82) is 5.26 Å². The molecule has 2 heterocycles. The summed E-state index contributed by atoms with van der Waals surface area (Å²) in [5.41, 5.74) is 8.80. The molecule has 0 radical (unpaired) electrons. The van der Waals surface area contributed by atoms with Crippen LogP contribution in [-0.4, -0.2) is 42.9 Å². The molecule has 3 aliphatic rings. The summed E-state index contributed by atoms with van der Waals surface area (Å²) < 4.78 is 0. The fourth-order valence-corrected chi connectivity index (χ4v) is 6.83. The van der Waals surface area contributed by atoms with E-state index in [2.05, 4.69) is 55.7 Å². The molecule has 0 bridgehead atoms. The average Bonchev–Trinajstić information content (AvgIpc) is 2.93. The second-order valence-corrected chi connectivity index (χ2v) is 11.8. The van der Waals surface area contributed by atoms with Gasteiger partial charge in [0, 0.05) is 41.4 Å². The van der Waals surface area contributed by atoms with Crippen LogP contribution in [0.15, 0.2) is 35.9 Å². The largest absolute Gasteiger partial charge is 0.371 e. The molecule has 0 unspecified atom stereocenters. The highest BCUT2D eigenvalue weighted by Gasteiger charge is 2.39. The minimum Gasteiger partial charge on any atom is -0.371 e. The normalized spacial score (nSPS) is 20.6. The van der Waals surface area contributed by atoms with Gasteiger partial charge in [-0.2, -0.15) is 5.26 Å². The number of benzene rings is 2. The van der Waals surface area contributed by atoms with E-state index in [4.69, 9.17) is 0 Å². The summed E-state index contributed by atoms with van der Waals surface area (Å²) in [7, 11) is 0. The van der Waals surface area contributed by atoms with Gasteiger partial charge in [-0.25, -0.2) is 0 Å². The Morgan fingerprint density at radius 2 is 1.68 bits per heavy atom. The minimum atomic E-state index is -0.258. The van der Waals surface area contributed by atoms with E-state index in [0.29, 0.717) is 5.56 Å². The maximum absolute atomic E-state index is 14.1. The molecule has 2 aromatic rings. The third-order valence-corrected chi connectivity index (χ3v) is 9.39. The Kier molecular flexibility index (Phi) is 7.03. The van der Waals surface area contributed by atoms with E-state index in [1.807, 2.05) is 25.1 Å². The molecule has 4 nitrogen and oxygen atoms in total. The Labute approximate surface area is 223 Å². The maximum atomic E-state index is 14.1. The lowest BCUT2D eigenvalue weighted by atomic mass is 9.66. The molecule has 0 saturated carbocycles. The molecule has 0 atom stereocenters. The summed E-state index contributed by atoms with van der Waals surface area (Å²) >= 11 is 0. The van der Waals surface area contributed by atoms with Crippen LogP contribution in [0.4, 0.5) is 5.69 Å². The maximum Gasteiger partial charge on any atom is 0.193 e. The number of allylic oxidation sites excluding steroid dienone is 2. The predicted molar refractivity (Wildman–Crippen MR) is 152 cm³/mol. The first-order valence-corrected chi connectivity index (χ1v) is 14.2. The van der Waals surface area contributed by atoms with Crippen LogP contribution in [0.3, 0.4) is 0 Å². The molecule has 5 rings (SSSR count). The number of anilines is 1. The fraction of sp³-hybridized carbons (Fsp3) is 0.515. The number of hydrogen-bond acceptors (Lipinski definition) is 4. The Hall–Kier alpha value is -2.90. The van der Waals surface area contributed by atoms with Crippen LogP contribution in [0, 0.1) is 18.3 Å². The van der Waals surface area contributed by atoms with Crippen molar-refractivity contribution < 1.29 is 4.79 Å². The molecule has 0 spiro atoms. The third-order valence-electron chi connectivity index (χ3n) is 9.39. The summed E-state index contributed by atoms with van der Waals surface area (Å²) in [6.07, 6.45) is 7.46. The third kappa shape index (κ3) is 4.53. The molecule has 4 heteroatoms. The SMILES string of the molecule is CCc1cc2c(cc1N1CCC(N3CCCCC3)CC1)C(C)(C)C(C)=C(c1ccc(C#N)cc1C)C2=O. The van der Waals surface area contributed by atoms with Crippen molar-refractivity contribution in [3.05, 3.63) is 69.3 Å². The zero-order valence-corrected chi connectivity index (χ0v) is 23.3. The topological polar surface area (TPSA) is 47.3 Å². The first-order valence-electron chi connectivity index (χ1n) is 14.2. The Balaban J connectivity index is 1.49. The number of piperidine rings is 2. The summed E-state index contributed by atoms with van der Waals surface area (Å²) in [5, 5.41) is 9.32. The van der Waals surface area contributed by atoms with Crippen molar-refractivity contribution in [1.82, 2.24) is 4.90 Å². The van der Waals surface area contributed by atoms with E-state index in [0.717, 1.165) is 59.0 Å². The summed E-state index contributed by atoms with van der Waals surface area (Å²) in [5.74, 6) is 0.115. The zero-order chi connectivity index (χ0) is 26.3. The molecule has 2 fully saturated rings. The molecule has 0 aromatic heterocycles. The van der Waals surface area contributed by atoms with Gasteiger partial charge >= 0.3 is 0 Å². The molecule has 2 aromatic carbocycles. The van der Waals surface area contributed by atoms with Gasteiger partial charge in [0.05, 0.1) is 11.6 Å². The molecule has 2 saturated heterocycles. The fourth-order valence-electron chi connectivity index (χ4n) is 6.83. The van der Waals surface area contributed by atoms with Crippen LogP contribution in [0.2, 0.25) is 0 Å². The van der Waals surface area contributed by atoms with Crippen LogP contribution in [0.25, 0.3) is 5.57 Å². The highest BCUT2D eigenvalue weighted by atomic mass is 16.1. The van der Waals surface area contributed by atoms with Crippen LogP contribution >= 0.6 is 0 Å². The molecule has 37 heavy (non-hydrogen) atoms. The standard InChI is InChI=1S/C33H41N3O/c1-6-25-19-28-29(20-30(25)36-16-12-26(13-17-36)35-14-8-7-9-15-35)33(4,5)23(3)31(32(28)37)27-11-10-24(21-34)18-22(27)2/h10-11,18-20,26H,6-9,12-17H2,1-5H3. The van der Waals surface area contributed by atoms with Gasteiger partial charge in [0.15, 0.2) is 5.78 Å². The second-order valence-electron chi connectivity index (χ2n) is 11.8. The van der Waals surface area contributed by atoms with Crippen molar-refractivity contribution in [2.45, 2.75) is 84.6 Å². The van der Waals surface area contributed by atoms with Crippen LogP contribution in [0.5, 0.6) is 0 Å². The van der Waals surface area contributed by atoms with Gasteiger partial charge in [-0.1, -0.05) is 38.8 Å². The average molecular weight is 496 g/mol. The lowest BCUT2D eigenvalue weighted by Crippen LogP contribution is -2.47. The Morgan fingerprint density at radius 1 is 0.973 bits per heavy atom. The number of carbonyl (C=O) groups excluding carboxylic acids is 1. The van der Waals surface area contributed by atoms with Crippen LogP contribution in [0.1, 0.15) is 98.0 Å². The van der Waals surface area contributed by atoms with E-state index in [9.17, 15) is 10.1 Å². The molecule has 0 N–H and O–H groups in total. The van der Waals surface area contributed by atoms with Crippen molar-refractivity contribution in [3.63, 3.8) is 0 Å². The molecule has 0 amide bonds. The second kappa shape index (κ2) is 10.1. The number of carbonyl (C=O) groups is 1. The monoisotopic (exact) mass is 495 g/mol. The molecule has 2 aliphatic heterocycles. The minimum absolute atomic E-state index is 0.115. The smallest absolute Gasteiger partial charge is 0.193 e. The number of likely N-dealkylation sites (tertiary alicyclic amines) is 1. The van der Waals surface area contributed by atoms with Crippen LogP contribution < -0.4 is 4.90 Å². The van der Waals surface area contributed by atoms with Crippen molar-refractivity contribution in [2.24, 2.45) is 0 Å². The lowest BCUT2D eigenvalue weighted by molar-refractivity contribution is 0.105. The number of rotatable bonds is 4. The number of nitrogens with zero attached hydrogens (tertiary/aromatic N) is 3. The van der Waals surface area contributed by atoms with Gasteiger partial charge in [0.2, 0.25) is 0 Å². The quantitative estimate of drug-likeness (QED) is 0.466. The first-order chi connectivity index (χ1) is 17.8. The van der Waals surface area contributed by atoms with Crippen LogP contribution in [-0.2, 0) is 11.8 Å².